The quantitative estimate of drug-likeness (QED) is 0.130. The van der Waals surface area contributed by atoms with Crippen molar-refractivity contribution in [2.24, 2.45) is 0 Å². The summed E-state index contributed by atoms with van der Waals surface area (Å²) < 4.78 is 11.5. The van der Waals surface area contributed by atoms with Gasteiger partial charge in [0.25, 0.3) is 0 Å². The lowest BCUT2D eigenvalue weighted by atomic mass is 10.0. The highest BCUT2D eigenvalue weighted by Gasteiger charge is 2.15. The van der Waals surface area contributed by atoms with Crippen LogP contribution in [0.5, 0.6) is 5.75 Å². The second-order valence-corrected chi connectivity index (χ2v) is 9.56. The van der Waals surface area contributed by atoms with E-state index in [2.05, 4.69) is 11.1 Å². The van der Waals surface area contributed by atoms with Crippen molar-refractivity contribution in [1.29, 1.82) is 5.26 Å². The Morgan fingerprint density at radius 2 is 1.74 bits per heavy atom. The fourth-order valence-electron chi connectivity index (χ4n) is 4.28. The Hall–Kier alpha value is -4.99. The van der Waals surface area contributed by atoms with E-state index in [0.29, 0.717) is 34.0 Å². The number of fused-ring (bicyclic) bond motifs is 3. The summed E-state index contributed by atoms with van der Waals surface area (Å²) in [6.07, 6.45) is 1.78. The highest BCUT2D eigenvalue weighted by atomic mass is 32.1. The predicted molar refractivity (Wildman–Crippen MR) is 152 cm³/mol. The number of hydrogen-bond donors (Lipinski definition) is 0. The van der Waals surface area contributed by atoms with Gasteiger partial charge in [-0.2, -0.15) is 5.26 Å². The topological polar surface area (TPSA) is 76.1 Å². The van der Waals surface area contributed by atoms with Crippen molar-refractivity contribution in [2.75, 3.05) is 0 Å². The molecule has 0 N–H and O–H groups in total. The molecule has 6 aromatic rings. The van der Waals surface area contributed by atoms with Crippen LogP contribution in [0.15, 0.2) is 112 Å². The molecule has 2 aromatic heterocycles. The number of thiazole rings is 1. The molecule has 6 heteroatoms. The summed E-state index contributed by atoms with van der Waals surface area (Å²) in [7, 11) is 0. The zero-order valence-electron chi connectivity index (χ0n) is 20.1. The molecule has 0 saturated carbocycles. The van der Waals surface area contributed by atoms with Crippen LogP contribution in [-0.4, -0.2) is 4.98 Å². The highest BCUT2D eigenvalue weighted by molar-refractivity contribution is 7.11. The summed E-state index contributed by atoms with van der Waals surface area (Å²) in [5.41, 5.74) is 3.28. The summed E-state index contributed by atoms with van der Waals surface area (Å²) in [5.74, 6) is 0.747. The Morgan fingerprint density at radius 1 is 0.947 bits per heavy atom. The van der Waals surface area contributed by atoms with Gasteiger partial charge in [0.05, 0.1) is 16.8 Å². The van der Waals surface area contributed by atoms with Gasteiger partial charge in [-0.25, -0.2) is 9.78 Å². The first kappa shape index (κ1) is 23.4. The summed E-state index contributed by atoms with van der Waals surface area (Å²) in [4.78, 5) is 17.4. The number of aromatic nitrogens is 1. The van der Waals surface area contributed by atoms with Crippen LogP contribution in [0.1, 0.15) is 16.1 Å². The molecule has 2 heterocycles. The minimum Gasteiger partial charge on any atom is -0.489 e. The molecule has 0 radical (unpaired) electrons. The normalized spacial score (nSPS) is 11.5. The second kappa shape index (κ2) is 10.2. The van der Waals surface area contributed by atoms with Crippen LogP contribution in [0, 0.1) is 11.3 Å². The van der Waals surface area contributed by atoms with Crippen molar-refractivity contribution in [3.63, 3.8) is 0 Å². The van der Waals surface area contributed by atoms with Gasteiger partial charge in [-0.3, -0.25) is 0 Å². The van der Waals surface area contributed by atoms with Crippen molar-refractivity contribution in [3.8, 4) is 23.1 Å². The Morgan fingerprint density at radius 3 is 2.55 bits per heavy atom. The third-order valence-corrected chi connectivity index (χ3v) is 7.09. The number of hydrogen-bond acceptors (Lipinski definition) is 6. The number of allylic oxidation sites excluding steroid dienone is 1. The summed E-state index contributed by atoms with van der Waals surface area (Å²) in [5, 5.41) is 15.1. The molecular formula is C32H20N2O3S. The van der Waals surface area contributed by atoms with Crippen LogP contribution in [0.2, 0.25) is 0 Å². The van der Waals surface area contributed by atoms with E-state index in [1.807, 2.05) is 97.1 Å². The first-order chi connectivity index (χ1) is 18.7. The van der Waals surface area contributed by atoms with Crippen molar-refractivity contribution < 1.29 is 9.15 Å². The highest BCUT2D eigenvalue weighted by Crippen LogP contribution is 2.30. The fraction of sp³-hybridized carbons (Fsp3) is 0.0312. The summed E-state index contributed by atoms with van der Waals surface area (Å²) >= 11 is 1.32. The predicted octanol–water partition coefficient (Wildman–Crippen LogP) is 7.71. The van der Waals surface area contributed by atoms with Crippen LogP contribution < -0.4 is 10.4 Å². The SMILES string of the molecule is N#C/C(=C\c1ccc(OCc2ccccc2)cc1)c1nc(-c2cc3c(ccc4ccccc43)oc2=O)cs1. The molecule has 0 atom stereocenters. The number of rotatable bonds is 6. The van der Waals surface area contributed by atoms with Crippen molar-refractivity contribution in [1.82, 2.24) is 4.98 Å². The van der Waals surface area contributed by atoms with Crippen LogP contribution in [-0.2, 0) is 6.61 Å². The van der Waals surface area contributed by atoms with Gasteiger partial charge in [0.15, 0.2) is 0 Å². The van der Waals surface area contributed by atoms with E-state index in [4.69, 9.17) is 9.15 Å². The van der Waals surface area contributed by atoms with Crippen molar-refractivity contribution in [2.45, 2.75) is 6.61 Å². The van der Waals surface area contributed by atoms with E-state index in [9.17, 15) is 10.1 Å². The molecule has 0 spiro atoms. The fourth-order valence-corrected chi connectivity index (χ4v) is 5.07. The Kier molecular flexibility index (Phi) is 6.27. The molecule has 0 fully saturated rings. The molecular weight excluding hydrogens is 492 g/mol. The average molecular weight is 513 g/mol. The van der Waals surface area contributed by atoms with Crippen LogP contribution >= 0.6 is 11.3 Å². The Bertz CT molecular complexity index is 1900. The number of benzene rings is 4. The van der Waals surface area contributed by atoms with Gasteiger partial charge in [0, 0.05) is 10.8 Å². The maximum Gasteiger partial charge on any atom is 0.345 e. The zero-order chi connectivity index (χ0) is 25.9. The van der Waals surface area contributed by atoms with E-state index in [0.717, 1.165) is 33.0 Å². The number of ether oxygens (including phenoxy) is 1. The minimum atomic E-state index is -0.460. The molecule has 6 rings (SSSR count). The van der Waals surface area contributed by atoms with Crippen LogP contribution in [0.25, 0.3) is 44.6 Å². The Balaban J connectivity index is 1.27. The molecule has 5 nitrogen and oxygen atoms in total. The van der Waals surface area contributed by atoms with Crippen LogP contribution in [0.4, 0.5) is 0 Å². The molecule has 0 aliphatic carbocycles. The molecule has 0 unspecified atom stereocenters. The van der Waals surface area contributed by atoms with Crippen molar-refractivity contribution >= 4 is 44.7 Å². The van der Waals surface area contributed by atoms with Gasteiger partial charge >= 0.3 is 5.63 Å². The standard InChI is InChI=1S/C32H20N2O3S/c33-18-24(16-21-10-13-25(14-11-21)36-19-22-6-2-1-3-7-22)31-34-29(20-38-31)28-17-27-26-9-5-4-8-23(26)12-15-30(27)37-32(28)35/h1-17,20H,19H2/b24-16+. The summed E-state index contributed by atoms with van der Waals surface area (Å²) in [6, 6.07) is 33.3. The van der Waals surface area contributed by atoms with Crippen LogP contribution in [0.3, 0.4) is 0 Å². The minimum absolute atomic E-state index is 0.369. The average Bonchev–Trinajstić information content (AvgIpc) is 3.45. The molecule has 182 valence electrons. The van der Waals surface area contributed by atoms with Gasteiger partial charge in [-0.05, 0) is 52.2 Å². The smallest absolute Gasteiger partial charge is 0.345 e. The lowest BCUT2D eigenvalue weighted by Crippen LogP contribution is -2.03. The van der Waals surface area contributed by atoms with Gasteiger partial charge in [0.1, 0.15) is 29.0 Å². The lowest BCUT2D eigenvalue weighted by molar-refractivity contribution is 0.306. The largest absolute Gasteiger partial charge is 0.489 e. The monoisotopic (exact) mass is 512 g/mol. The van der Waals surface area contributed by atoms with E-state index >= 15 is 0 Å². The molecule has 4 aromatic carbocycles. The third kappa shape index (κ3) is 4.71. The maximum atomic E-state index is 12.8. The zero-order valence-corrected chi connectivity index (χ0v) is 20.9. The summed E-state index contributed by atoms with van der Waals surface area (Å²) in [6.45, 7) is 0.486. The number of nitrogens with zero attached hydrogens (tertiary/aromatic N) is 2. The second-order valence-electron chi connectivity index (χ2n) is 8.70. The van der Waals surface area contributed by atoms with E-state index < -0.39 is 5.63 Å². The number of nitriles is 1. The maximum absolute atomic E-state index is 12.8. The van der Waals surface area contributed by atoms with E-state index in [1.165, 1.54) is 11.3 Å². The third-order valence-electron chi connectivity index (χ3n) is 6.21. The first-order valence-electron chi connectivity index (χ1n) is 12.0. The Labute approximate surface area is 222 Å². The van der Waals surface area contributed by atoms with E-state index in [1.54, 1.807) is 11.5 Å². The molecule has 0 bridgehead atoms. The molecule has 0 aliphatic heterocycles. The van der Waals surface area contributed by atoms with Gasteiger partial charge in [-0.1, -0.05) is 72.8 Å². The molecule has 0 amide bonds. The van der Waals surface area contributed by atoms with Gasteiger partial charge < -0.3 is 9.15 Å². The first-order valence-corrected chi connectivity index (χ1v) is 12.9. The van der Waals surface area contributed by atoms with Gasteiger partial charge in [-0.15, -0.1) is 11.3 Å². The molecule has 0 saturated heterocycles. The van der Waals surface area contributed by atoms with Gasteiger partial charge in [0.2, 0.25) is 0 Å². The van der Waals surface area contributed by atoms with Crippen molar-refractivity contribution in [3.05, 3.63) is 129 Å². The molecule has 38 heavy (non-hydrogen) atoms. The lowest BCUT2D eigenvalue weighted by Gasteiger charge is -2.06. The van der Waals surface area contributed by atoms with E-state index in [-0.39, 0.29) is 0 Å². The molecule has 0 aliphatic rings.